The van der Waals surface area contributed by atoms with Crippen LogP contribution in [-0.2, 0) is 14.5 Å². The van der Waals surface area contributed by atoms with Crippen LogP contribution in [0.25, 0.3) is 6.08 Å². The Kier molecular flexibility index (Phi) is 12.5. The first-order valence-electron chi connectivity index (χ1n) is 6.92. The highest BCUT2D eigenvalue weighted by molar-refractivity contribution is 5.45. The van der Waals surface area contributed by atoms with Crippen LogP contribution < -0.4 is 0 Å². The number of benzene rings is 1. The van der Waals surface area contributed by atoms with E-state index in [9.17, 15) is 0 Å². The molecule has 0 fully saturated rings. The number of hydrogen-bond donors (Lipinski definition) is 3. The maximum atomic E-state index is 8.54. The number of hydrogen-bond acceptors (Lipinski definition) is 6. The molecule has 0 aliphatic heterocycles. The lowest BCUT2D eigenvalue weighted by Gasteiger charge is -2.24. The monoisotopic (exact) mass is 316 g/mol. The molecule has 1 aromatic rings. The van der Waals surface area contributed by atoms with E-state index < -0.39 is 4.97 Å². The van der Waals surface area contributed by atoms with E-state index in [-0.39, 0.29) is 39.6 Å². The summed E-state index contributed by atoms with van der Waals surface area (Å²) in [5.74, 6) is 0. The summed E-state index contributed by atoms with van der Waals surface area (Å²) in [5, 5.41) is 25.6. The number of quaternary nitrogens is 1. The zero-order valence-electron chi connectivity index (χ0n) is 12.9. The largest absolute Gasteiger partial charge is 0.394 e. The molecule has 0 amide bonds. The van der Waals surface area contributed by atoms with E-state index in [1.807, 2.05) is 36.4 Å². The van der Waals surface area contributed by atoms with Gasteiger partial charge in [-0.1, -0.05) is 43.0 Å². The van der Waals surface area contributed by atoms with Gasteiger partial charge in [-0.05, 0) is 5.56 Å². The first-order chi connectivity index (χ1) is 10.6. The van der Waals surface area contributed by atoms with Crippen LogP contribution in [0, 0.1) is 0 Å². The molecule has 0 saturated heterocycles. The van der Waals surface area contributed by atoms with Gasteiger partial charge in [0.2, 0.25) is 0 Å². The summed E-state index contributed by atoms with van der Waals surface area (Å²) < 4.78 is 0. The van der Waals surface area contributed by atoms with Gasteiger partial charge in [0.25, 0.3) is 0 Å². The van der Waals surface area contributed by atoms with Crippen LogP contribution in [0.3, 0.4) is 0 Å². The fourth-order valence-corrected chi connectivity index (χ4v) is 1.32. The van der Waals surface area contributed by atoms with Crippen LogP contribution in [0.15, 0.2) is 36.9 Å². The molecule has 0 heterocycles. The highest BCUT2D eigenvalue weighted by Gasteiger charge is 2.27. The Hall–Kier alpha value is -1.32. The van der Waals surface area contributed by atoms with Crippen molar-refractivity contribution in [2.75, 3.05) is 46.7 Å². The zero-order chi connectivity index (χ0) is 16.7. The topological polar surface area (TPSA) is 88.4 Å². The lowest BCUT2D eigenvalue weighted by molar-refractivity contribution is -1.36. The van der Waals surface area contributed by atoms with Crippen molar-refractivity contribution in [3.63, 3.8) is 0 Å². The molecule has 0 radical (unpaired) electrons. The highest BCUT2D eigenvalue weighted by Crippen LogP contribution is 2.06. The Bertz CT molecular complexity index is 352. The molecule has 0 unspecified atom stereocenters. The van der Waals surface area contributed by atoms with Crippen molar-refractivity contribution in [1.29, 1.82) is 0 Å². The molecule has 0 bridgehead atoms. The van der Waals surface area contributed by atoms with Gasteiger partial charge in [0, 0.05) is 0 Å². The van der Waals surface area contributed by atoms with Crippen LogP contribution in [0.5, 0.6) is 0 Å². The van der Waals surface area contributed by atoms with Crippen molar-refractivity contribution in [3.05, 3.63) is 42.5 Å². The Balaban J connectivity index is 0.000000461. The third-order valence-corrected chi connectivity index (χ3v) is 2.29. The van der Waals surface area contributed by atoms with Gasteiger partial charge in [-0.3, -0.25) is 0 Å². The van der Waals surface area contributed by atoms with Crippen molar-refractivity contribution in [3.8, 4) is 0 Å². The van der Waals surface area contributed by atoms with E-state index in [4.69, 9.17) is 29.8 Å². The average Bonchev–Trinajstić information content (AvgIpc) is 2.58. The maximum absolute atomic E-state index is 8.54. The molecule has 0 spiro atoms. The van der Waals surface area contributed by atoms with Crippen LogP contribution in [0.1, 0.15) is 5.56 Å². The summed E-state index contributed by atoms with van der Waals surface area (Å²) in [4.78, 5) is 14.3. The number of hydroxylamine groups is 3. The van der Waals surface area contributed by atoms with Gasteiger partial charge in [0.15, 0.2) is 7.05 Å². The standard InChI is InChI=1S/C8H8.C7H18NO6/c1-2-8-6-4-3-5-7-8;1-8(12-5-2-9,13-6-3-10)14-7-4-11/h2-7H,1H2;9-11H,2-7H2,1H3/q;+1. The van der Waals surface area contributed by atoms with Gasteiger partial charge in [-0.15, -0.1) is 14.5 Å². The third-order valence-electron chi connectivity index (χ3n) is 2.29. The minimum absolute atomic E-state index is 0.0351. The summed E-state index contributed by atoms with van der Waals surface area (Å²) >= 11 is 0. The second-order valence-electron chi connectivity index (χ2n) is 4.06. The van der Waals surface area contributed by atoms with Gasteiger partial charge in [0.05, 0.1) is 24.8 Å². The molecule has 0 aliphatic carbocycles. The van der Waals surface area contributed by atoms with Crippen LogP contribution in [-0.4, -0.2) is 67.0 Å². The predicted molar refractivity (Wildman–Crippen MR) is 81.8 cm³/mol. The molecule has 3 N–H and O–H groups in total. The SMILES string of the molecule is C=Cc1ccccc1.C[N+](OCCO)(OCCO)OCCO. The second kappa shape index (κ2) is 13.4. The Labute approximate surface area is 131 Å². The fourth-order valence-electron chi connectivity index (χ4n) is 1.32. The fraction of sp³-hybridized carbons (Fsp3) is 0.467. The van der Waals surface area contributed by atoms with Crippen LogP contribution >= 0.6 is 0 Å². The molecule has 1 rings (SSSR count). The molecule has 22 heavy (non-hydrogen) atoms. The minimum Gasteiger partial charge on any atom is -0.394 e. The van der Waals surface area contributed by atoms with Gasteiger partial charge in [-0.25, -0.2) is 0 Å². The van der Waals surface area contributed by atoms with E-state index in [1.54, 1.807) is 0 Å². The first-order valence-corrected chi connectivity index (χ1v) is 6.92. The molecule has 7 nitrogen and oxygen atoms in total. The summed E-state index contributed by atoms with van der Waals surface area (Å²) in [6.45, 7) is 3.23. The summed E-state index contributed by atoms with van der Waals surface area (Å²) in [7, 11) is 1.45. The minimum atomic E-state index is -0.665. The van der Waals surface area contributed by atoms with Crippen molar-refractivity contribution in [2.45, 2.75) is 0 Å². The van der Waals surface area contributed by atoms with E-state index in [0.717, 1.165) is 0 Å². The van der Waals surface area contributed by atoms with Crippen LogP contribution in [0.2, 0.25) is 0 Å². The summed E-state index contributed by atoms with van der Waals surface area (Å²) in [6, 6.07) is 10.0. The van der Waals surface area contributed by atoms with Gasteiger partial charge < -0.3 is 15.3 Å². The molecular weight excluding hydrogens is 290 g/mol. The van der Waals surface area contributed by atoms with Crippen molar-refractivity contribution in [2.24, 2.45) is 0 Å². The molecule has 0 atom stereocenters. The van der Waals surface area contributed by atoms with E-state index >= 15 is 0 Å². The lowest BCUT2D eigenvalue weighted by atomic mass is 10.2. The summed E-state index contributed by atoms with van der Waals surface area (Å²) in [6.07, 6.45) is 1.83. The molecule has 7 heteroatoms. The first kappa shape index (κ1) is 20.7. The van der Waals surface area contributed by atoms with E-state index in [0.29, 0.717) is 0 Å². The van der Waals surface area contributed by atoms with Crippen molar-refractivity contribution < 1.29 is 34.8 Å². The Morgan fingerprint density at radius 3 is 1.59 bits per heavy atom. The molecule has 0 aliphatic rings. The van der Waals surface area contributed by atoms with E-state index in [1.165, 1.54) is 12.6 Å². The predicted octanol–water partition coefficient (Wildman–Crippen LogP) is 0.534. The smallest absolute Gasteiger partial charge is 0.168 e. The highest BCUT2D eigenvalue weighted by atomic mass is 17.2. The number of nitrogens with zero attached hydrogens (tertiary/aromatic N) is 1. The molecule has 0 aromatic heterocycles. The number of aliphatic hydroxyl groups is 3. The zero-order valence-corrected chi connectivity index (χ0v) is 12.9. The Morgan fingerprint density at radius 2 is 1.32 bits per heavy atom. The number of aliphatic hydroxyl groups excluding tert-OH is 3. The normalized spacial score (nSPS) is 10.7. The Morgan fingerprint density at radius 1 is 0.909 bits per heavy atom. The van der Waals surface area contributed by atoms with Gasteiger partial charge in [0.1, 0.15) is 19.8 Å². The van der Waals surface area contributed by atoms with Crippen molar-refractivity contribution in [1.82, 2.24) is 0 Å². The number of rotatable bonds is 10. The molecular formula is C15H26NO6+. The quantitative estimate of drug-likeness (QED) is 0.431. The van der Waals surface area contributed by atoms with Crippen LogP contribution in [0.4, 0.5) is 0 Å². The lowest BCUT2D eigenvalue weighted by Crippen LogP contribution is -2.45. The average molecular weight is 316 g/mol. The maximum Gasteiger partial charge on any atom is 0.168 e. The summed E-state index contributed by atoms with van der Waals surface area (Å²) in [5.41, 5.74) is 1.17. The molecule has 126 valence electrons. The van der Waals surface area contributed by atoms with Gasteiger partial charge >= 0.3 is 0 Å². The van der Waals surface area contributed by atoms with Gasteiger partial charge in [-0.2, -0.15) is 0 Å². The second-order valence-corrected chi connectivity index (χ2v) is 4.06. The third kappa shape index (κ3) is 10.4. The molecule has 0 saturated carbocycles. The van der Waals surface area contributed by atoms with Crippen molar-refractivity contribution >= 4 is 6.08 Å². The van der Waals surface area contributed by atoms with E-state index in [2.05, 4.69) is 6.58 Å². The molecule has 1 aromatic carbocycles.